The maximum Gasteiger partial charge on any atom is 0.459 e. The van der Waals surface area contributed by atoms with Gasteiger partial charge in [0.25, 0.3) is 5.91 Å². The largest absolute Gasteiger partial charge is 0.462 e. The Kier molecular flexibility index (Phi) is 10.5. The van der Waals surface area contributed by atoms with Crippen molar-refractivity contribution in [1.82, 2.24) is 14.6 Å². The summed E-state index contributed by atoms with van der Waals surface area (Å²) in [5.74, 6) is -5.54. The fourth-order valence-corrected chi connectivity index (χ4v) is 7.51. The van der Waals surface area contributed by atoms with E-state index in [4.69, 9.17) is 18.5 Å². The summed E-state index contributed by atoms with van der Waals surface area (Å²) < 4.78 is 66.3. The number of aliphatic hydroxyl groups excluding tert-OH is 1. The molecule has 2 aliphatic heterocycles. The van der Waals surface area contributed by atoms with E-state index in [1.807, 2.05) is 13.8 Å². The van der Waals surface area contributed by atoms with Crippen molar-refractivity contribution in [2.75, 3.05) is 17.2 Å². The van der Waals surface area contributed by atoms with Crippen molar-refractivity contribution in [2.24, 2.45) is 0 Å². The zero-order chi connectivity index (χ0) is 35.7. The first-order chi connectivity index (χ1) is 23.0. The molecule has 14 nitrogen and oxygen atoms in total. The number of amides is 1. The van der Waals surface area contributed by atoms with Gasteiger partial charge in [-0.05, 0) is 71.0 Å². The van der Waals surface area contributed by atoms with E-state index in [9.17, 15) is 24.1 Å². The molecule has 18 heteroatoms. The van der Waals surface area contributed by atoms with Crippen LogP contribution in [0.15, 0.2) is 70.5 Å². The Morgan fingerprint density at radius 3 is 2.55 bits per heavy atom. The molecule has 0 saturated carbocycles. The molecule has 3 heterocycles. The van der Waals surface area contributed by atoms with Gasteiger partial charge in [-0.3, -0.25) is 18.7 Å². The number of nitrogens with zero attached hydrogens (tertiary/aromatic N) is 2. The van der Waals surface area contributed by atoms with Gasteiger partial charge >= 0.3 is 25.3 Å². The third-order valence-electron chi connectivity index (χ3n) is 7.18. The first-order valence-electron chi connectivity index (χ1n) is 15.2. The molecule has 5 atom stereocenters. The van der Waals surface area contributed by atoms with Gasteiger partial charge in [-0.1, -0.05) is 30.0 Å². The maximum atomic E-state index is 15.3. The van der Waals surface area contributed by atoms with Crippen LogP contribution in [0.2, 0.25) is 0 Å². The highest BCUT2D eigenvalue weighted by Crippen LogP contribution is 2.48. The Labute approximate surface area is 284 Å². The second kappa shape index (κ2) is 14.2. The number of anilines is 2. The number of hydrogen-bond acceptors (Lipinski definition) is 12. The van der Waals surface area contributed by atoms with E-state index < -0.39 is 68.4 Å². The number of rotatable bonds is 12. The minimum atomic E-state index is -4.49. The number of thioether (sulfide) groups is 1. The van der Waals surface area contributed by atoms with Gasteiger partial charge in [0, 0.05) is 22.3 Å². The number of benzene rings is 2. The summed E-state index contributed by atoms with van der Waals surface area (Å²) in [4.78, 5) is 42.6. The number of esters is 1. The number of carbonyl (C=O) groups is 2. The molecule has 1 aromatic heterocycles. The third-order valence-corrected chi connectivity index (χ3v) is 10.0. The number of ether oxygens (including phenoxy) is 2. The van der Waals surface area contributed by atoms with Crippen LogP contribution in [-0.4, -0.2) is 68.3 Å². The van der Waals surface area contributed by atoms with Crippen LogP contribution in [0.4, 0.5) is 20.3 Å². The number of carbonyl (C=O) groups excluding carboxylic acids is 2. The first-order valence-corrected chi connectivity index (χ1v) is 17.5. The highest BCUT2D eigenvalue weighted by molar-refractivity contribution is 8.01. The van der Waals surface area contributed by atoms with Crippen molar-refractivity contribution in [3.05, 3.63) is 76.8 Å². The number of alkyl halides is 2. The van der Waals surface area contributed by atoms with Crippen molar-refractivity contribution in [1.29, 1.82) is 0 Å². The van der Waals surface area contributed by atoms with E-state index in [0.29, 0.717) is 4.57 Å². The second-order valence-electron chi connectivity index (χ2n) is 12.1. The third kappa shape index (κ3) is 8.48. The fourth-order valence-electron chi connectivity index (χ4n) is 4.94. The highest BCUT2D eigenvalue weighted by atomic mass is 32.2. The molecule has 4 N–H and O–H groups in total. The number of fused-ring (bicyclic) bond motifs is 1. The quantitative estimate of drug-likeness (QED) is 0.148. The lowest BCUT2D eigenvalue weighted by molar-refractivity contribution is -0.149. The standard InChI is InChI=1S/C31H36F2N5O9PS/c1-17(2)45-27(41)18(3)37-48(43,47-20-9-7-6-8-10-20)44-16-22-25(39)31(32,33)28(46-22)38-14-13-24(35-29(38)42)34-26(40)19-11-12-23-21(15-19)36-30(4,5)49-23/h6-15,17-18,22,25,28,36,39H,16H2,1-5H3,(H,37,43)(H,34,35,40,42)/t18-,22-,25-,28?,48?/m1/s1. The van der Waals surface area contributed by atoms with Crippen LogP contribution in [0.25, 0.3) is 0 Å². The summed E-state index contributed by atoms with van der Waals surface area (Å²) in [7, 11) is -4.49. The molecule has 2 aromatic carbocycles. The minimum Gasteiger partial charge on any atom is -0.462 e. The van der Waals surface area contributed by atoms with Gasteiger partial charge in [-0.25, -0.2) is 9.36 Å². The molecular weight excluding hydrogens is 687 g/mol. The average molecular weight is 724 g/mol. The molecule has 49 heavy (non-hydrogen) atoms. The predicted molar refractivity (Wildman–Crippen MR) is 176 cm³/mol. The number of aliphatic hydroxyl groups is 1. The van der Waals surface area contributed by atoms with Crippen LogP contribution >= 0.6 is 19.5 Å². The Bertz CT molecular complexity index is 1810. The predicted octanol–water partition coefficient (Wildman–Crippen LogP) is 4.78. The van der Waals surface area contributed by atoms with E-state index in [0.717, 1.165) is 22.8 Å². The van der Waals surface area contributed by atoms with Crippen LogP contribution in [-0.2, 0) is 23.4 Å². The van der Waals surface area contributed by atoms with Crippen molar-refractivity contribution in [3.63, 3.8) is 0 Å². The van der Waals surface area contributed by atoms with Gasteiger partial charge in [0.1, 0.15) is 23.7 Å². The maximum absolute atomic E-state index is 15.3. The molecule has 1 fully saturated rings. The summed E-state index contributed by atoms with van der Waals surface area (Å²) in [6, 6.07) is 12.7. The van der Waals surface area contributed by atoms with Crippen molar-refractivity contribution >= 4 is 42.9 Å². The van der Waals surface area contributed by atoms with Crippen molar-refractivity contribution < 1.29 is 46.6 Å². The molecule has 0 radical (unpaired) electrons. The zero-order valence-corrected chi connectivity index (χ0v) is 28.8. The highest BCUT2D eigenvalue weighted by Gasteiger charge is 2.60. The molecular formula is C31H36F2N5O9PS. The normalized spacial score (nSPS) is 22.4. The SMILES string of the molecule is CC(C)OC(=O)[C@@H](C)NP(=O)(OC[C@H]1OC(n2ccc(NC(=O)c3ccc4c(c3)NC(C)(C)S4)nc2=O)C(F)(F)[C@@H]1O)Oc1ccccc1. The van der Waals surface area contributed by atoms with Gasteiger partial charge in [0.05, 0.1) is 17.6 Å². The molecule has 1 saturated heterocycles. The lowest BCUT2D eigenvalue weighted by atomic mass is 10.1. The van der Waals surface area contributed by atoms with E-state index in [-0.39, 0.29) is 22.0 Å². The molecule has 264 valence electrons. The number of halogens is 2. The van der Waals surface area contributed by atoms with Gasteiger partial charge in [-0.15, -0.1) is 0 Å². The van der Waals surface area contributed by atoms with Crippen molar-refractivity contribution in [3.8, 4) is 5.75 Å². The van der Waals surface area contributed by atoms with E-state index in [2.05, 4.69) is 20.7 Å². The molecule has 3 aromatic rings. The molecule has 2 unspecified atom stereocenters. The summed E-state index contributed by atoms with van der Waals surface area (Å²) >= 11 is 1.60. The number of para-hydroxylation sites is 1. The van der Waals surface area contributed by atoms with Gasteiger partial charge in [-0.2, -0.15) is 18.9 Å². The van der Waals surface area contributed by atoms with Crippen LogP contribution in [0.3, 0.4) is 0 Å². The zero-order valence-electron chi connectivity index (χ0n) is 27.1. The summed E-state index contributed by atoms with van der Waals surface area (Å²) in [5.41, 5.74) is -0.158. The number of hydrogen-bond donors (Lipinski definition) is 4. The molecule has 0 spiro atoms. The number of nitrogens with one attached hydrogen (secondary N) is 3. The second-order valence-corrected chi connectivity index (χ2v) is 15.4. The van der Waals surface area contributed by atoms with E-state index in [1.165, 1.54) is 19.1 Å². The van der Waals surface area contributed by atoms with Crippen LogP contribution < -0.4 is 25.9 Å². The molecule has 2 aliphatic rings. The average Bonchev–Trinajstić information content (AvgIpc) is 3.45. The minimum absolute atomic E-state index is 0.0689. The Hall–Kier alpha value is -3.86. The van der Waals surface area contributed by atoms with Gasteiger partial charge in [0.2, 0.25) is 6.23 Å². The Morgan fingerprint density at radius 1 is 1.16 bits per heavy atom. The summed E-state index contributed by atoms with van der Waals surface area (Å²) in [6.07, 6.45) is -6.21. The van der Waals surface area contributed by atoms with E-state index in [1.54, 1.807) is 62.0 Å². The molecule has 0 bridgehead atoms. The lowest BCUT2D eigenvalue weighted by Crippen LogP contribution is -2.42. The monoisotopic (exact) mass is 723 g/mol. The Balaban J connectivity index is 1.28. The van der Waals surface area contributed by atoms with Crippen molar-refractivity contribution in [2.45, 2.75) is 80.9 Å². The topological polar surface area (TPSA) is 179 Å². The number of aromatic nitrogens is 2. The summed E-state index contributed by atoms with van der Waals surface area (Å²) in [6.45, 7) is 7.66. The Morgan fingerprint density at radius 2 is 1.88 bits per heavy atom. The molecule has 1 amide bonds. The smallest absolute Gasteiger partial charge is 0.459 e. The van der Waals surface area contributed by atoms with Crippen LogP contribution in [0, 0.1) is 0 Å². The van der Waals surface area contributed by atoms with E-state index >= 15 is 8.78 Å². The molecule has 5 rings (SSSR count). The van der Waals surface area contributed by atoms with Gasteiger partial charge in [0.15, 0.2) is 6.10 Å². The summed E-state index contributed by atoms with van der Waals surface area (Å²) in [5, 5.41) is 18.7. The first kappa shape index (κ1) is 36.4. The van der Waals surface area contributed by atoms with Crippen LogP contribution in [0.5, 0.6) is 5.75 Å². The van der Waals surface area contributed by atoms with Gasteiger partial charge < -0.3 is 29.7 Å². The molecule has 0 aliphatic carbocycles. The lowest BCUT2D eigenvalue weighted by Gasteiger charge is -2.25. The fraction of sp³-hybridized carbons (Fsp3) is 0.419. The van der Waals surface area contributed by atoms with Crippen LogP contribution in [0.1, 0.15) is 51.2 Å².